The van der Waals surface area contributed by atoms with Crippen LogP contribution >= 0.6 is 0 Å². The highest BCUT2D eigenvalue weighted by atomic mass is 15.2. The van der Waals surface area contributed by atoms with Crippen LogP contribution in [-0.2, 0) is 0 Å². The molecule has 0 aromatic heterocycles. The number of nitrogens with zero attached hydrogens (tertiary/aromatic N) is 1. The van der Waals surface area contributed by atoms with Crippen molar-refractivity contribution in [3.8, 4) is 0 Å². The SMILES string of the molecule is CCC(C)N1CC(CNC)C1. The van der Waals surface area contributed by atoms with Crippen molar-refractivity contribution >= 4 is 0 Å². The molecular weight excluding hydrogens is 136 g/mol. The Morgan fingerprint density at radius 1 is 1.55 bits per heavy atom. The van der Waals surface area contributed by atoms with Crippen LogP contribution in [0.1, 0.15) is 20.3 Å². The second-order valence-corrected chi connectivity index (χ2v) is 3.63. The molecule has 11 heavy (non-hydrogen) atoms. The molecule has 1 N–H and O–H groups in total. The van der Waals surface area contributed by atoms with Gasteiger partial charge in [0.25, 0.3) is 0 Å². The van der Waals surface area contributed by atoms with Crippen molar-refractivity contribution in [1.29, 1.82) is 0 Å². The summed E-state index contributed by atoms with van der Waals surface area (Å²) in [7, 11) is 2.03. The first-order chi connectivity index (χ1) is 5.27. The molecule has 1 heterocycles. The van der Waals surface area contributed by atoms with Crippen molar-refractivity contribution in [1.82, 2.24) is 10.2 Å². The van der Waals surface area contributed by atoms with E-state index in [0.717, 1.165) is 12.0 Å². The Kier molecular flexibility index (Phi) is 3.34. The van der Waals surface area contributed by atoms with E-state index >= 15 is 0 Å². The zero-order valence-corrected chi connectivity index (χ0v) is 7.93. The van der Waals surface area contributed by atoms with Crippen molar-refractivity contribution < 1.29 is 0 Å². The Hall–Kier alpha value is -0.0800. The molecule has 0 aromatic carbocycles. The first kappa shape index (κ1) is 9.01. The lowest BCUT2D eigenvalue weighted by atomic mass is 9.97. The van der Waals surface area contributed by atoms with Crippen LogP contribution in [0, 0.1) is 5.92 Å². The quantitative estimate of drug-likeness (QED) is 0.651. The van der Waals surface area contributed by atoms with Crippen LogP contribution in [0.5, 0.6) is 0 Å². The first-order valence-corrected chi connectivity index (χ1v) is 4.66. The molecule has 1 aliphatic rings. The van der Waals surface area contributed by atoms with Gasteiger partial charge in [-0.25, -0.2) is 0 Å². The van der Waals surface area contributed by atoms with Crippen LogP contribution in [-0.4, -0.2) is 37.6 Å². The summed E-state index contributed by atoms with van der Waals surface area (Å²) in [6, 6.07) is 0.795. The van der Waals surface area contributed by atoms with E-state index in [9.17, 15) is 0 Å². The second-order valence-electron chi connectivity index (χ2n) is 3.63. The van der Waals surface area contributed by atoms with Crippen molar-refractivity contribution in [2.24, 2.45) is 5.92 Å². The summed E-state index contributed by atoms with van der Waals surface area (Å²) in [4.78, 5) is 2.56. The van der Waals surface area contributed by atoms with Gasteiger partial charge in [0.1, 0.15) is 0 Å². The average Bonchev–Trinajstić information content (AvgIpc) is 1.94. The fourth-order valence-electron chi connectivity index (χ4n) is 1.65. The van der Waals surface area contributed by atoms with Gasteiger partial charge >= 0.3 is 0 Å². The topological polar surface area (TPSA) is 15.3 Å². The number of hydrogen-bond donors (Lipinski definition) is 1. The van der Waals surface area contributed by atoms with Crippen molar-refractivity contribution in [2.45, 2.75) is 26.3 Å². The van der Waals surface area contributed by atoms with Crippen LogP contribution in [0.25, 0.3) is 0 Å². The fraction of sp³-hybridized carbons (Fsp3) is 1.00. The van der Waals surface area contributed by atoms with Gasteiger partial charge in [-0.05, 0) is 26.3 Å². The van der Waals surface area contributed by atoms with Gasteiger partial charge in [0.2, 0.25) is 0 Å². The molecular formula is C9H20N2. The maximum Gasteiger partial charge on any atom is 0.00645 e. The smallest absolute Gasteiger partial charge is 0.00645 e. The lowest BCUT2D eigenvalue weighted by Gasteiger charge is -2.43. The summed E-state index contributed by atoms with van der Waals surface area (Å²) >= 11 is 0. The van der Waals surface area contributed by atoms with Gasteiger partial charge in [-0.1, -0.05) is 6.92 Å². The van der Waals surface area contributed by atoms with Gasteiger partial charge in [-0.2, -0.15) is 0 Å². The Bertz CT molecular complexity index is 108. The third-order valence-corrected chi connectivity index (χ3v) is 2.69. The minimum Gasteiger partial charge on any atom is -0.319 e. The molecule has 1 saturated heterocycles. The zero-order valence-electron chi connectivity index (χ0n) is 7.93. The summed E-state index contributed by atoms with van der Waals surface area (Å²) in [5.74, 6) is 0.911. The molecule has 1 rings (SSSR count). The van der Waals surface area contributed by atoms with E-state index in [-0.39, 0.29) is 0 Å². The van der Waals surface area contributed by atoms with E-state index in [1.54, 1.807) is 0 Å². The normalized spacial score (nSPS) is 23.2. The van der Waals surface area contributed by atoms with Gasteiger partial charge in [0.05, 0.1) is 0 Å². The van der Waals surface area contributed by atoms with E-state index in [1.807, 2.05) is 7.05 Å². The Morgan fingerprint density at radius 3 is 2.64 bits per heavy atom. The summed E-state index contributed by atoms with van der Waals surface area (Å²) in [5.41, 5.74) is 0. The molecule has 1 unspecified atom stereocenters. The Labute approximate surface area is 70.0 Å². The zero-order chi connectivity index (χ0) is 8.27. The fourth-order valence-corrected chi connectivity index (χ4v) is 1.65. The van der Waals surface area contributed by atoms with E-state index in [1.165, 1.54) is 26.1 Å². The van der Waals surface area contributed by atoms with Crippen LogP contribution in [0.4, 0.5) is 0 Å². The number of nitrogens with one attached hydrogen (secondary N) is 1. The molecule has 1 aliphatic heterocycles. The van der Waals surface area contributed by atoms with Crippen LogP contribution in [0.15, 0.2) is 0 Å². The lowest BCUT2D eigenvalue weighted by molar-refractivity contribution is 0.0595. The number of likely N-dealkylation sites (tertiary alicyclic amines) is 1. The monoisotopic (exact) mass is 156 g/mol. The molecule has 66 valence electrons. The second kappa shape index (κ2) is 4.07. The highest BCUT2D eigenvalue weighted by Crippen LogP contribution is 2.18. The molecule has 0 spiro atoms. The lowest BCUT2D eigenvalue weighted by Crippen LogP contribution is -2.53. The number of hydrogen-bond acceptors (Lipinski definition) is 2. The van der Waals surface area contributed by atoms with E-state index in [0.29, 0.717) is 0 Å². The average molecular weight is 156 g/mol. The summed E-state index contributed by atoms with van der Waals surface area (Å²) in [6.45, 7) is 8.37. The molecule has 1 atom stereocenters. The highest BCUT2D eigenvalue weighted by Gasteiger charge is 2.28. The maximum atomic E-state index is 3.22. The van der Waals surface area contributed by atoms with E-state index < -0.39 is 0 Å². The molecule has 0 radical (unpaired) electrons. The van der Waals surface area contributed by atoms with Crippen molar-refractivity contribution in [3.63, 3.8) is 0 Å². The van der Waals surface area contributed by atoms with E-state index in [2.05, 4.69) is 24.1 Å². The van der Waals surface area contributed by atoms with Crippen LogP contribution in [0.3, 0.4) is 0 Å². The predicted octanol–water partition coefficient (Wildman–Crippen LogP) is 0.936. The molecule has 0 amide bonds. The van der Waals surface area contributed by atoms with Gasteiger partial charge in [0, 0.05) is 25.7 Å². The highest BCUT2D eigenvalue weighted by molar-refractivity contribution is 4.83. The maximum absolute atomic E-state index is 3.22. The third-order valence-electron chi connectivity index (χ3n) is 2.69. The minimum absolute atomic E-state index is 0.795. The predicted molar refractivity (Wildman–Crippen MR) is 48.7 cm³/mol. The molecule has 0 aliphatic carbocycles. The first-order valence-electron chi connectivity index (χ1n) is 4.66. The Morgan fingerprint density at radius 2 is 2.18 bits per heavy atom. The van der Waals surface area contributed by atoms with Gasteiger partial charge in [-0.15, -0.1) is 0 Å². The van der Waals surface area contributed by atoms with Crippen LogP contribution < -0.4 is 5.32 Å². The van der Waals surface area contributed by atoms with Gasteiger partial charge < -0.3 is 5.32 Å². The van der Waals surface area contributed by atoms with Crippen LogP contribution in [0.2, 0.25) is 0 Å². The van der Waals surface area contributed by atoms with E-state index in [4.69, 9.17) is 0 Å². The molecule has 0 bridgehead atoms. The summed E-state index contributed by atoms with van der Waals surface area (Å²) in [5, 5.41) is 3.22. The molecule has 2 nitrogen and oxygen atoms in total. The van der Waals surface area contributed by atoms with Gasteiger partial charge in [-0.3, -0.25) is 4.90 Å². The molecule has 2 heteroatoms. The Balaban J connectivity index is 2.08. The van der Waals surface area contributed by atoms with Gasteiger partial charge in [0.15, 0.2) is 0 Å². The van der Waals surface area contributed by atoms with Crippen molar-refractivity contribution in [3.05, 3.63) is 0 Å². The largest absolute Gasteiger partial charge is 0.319 e. The summed E-state index contributed by atoms with van der Waals surface area (Å²) in [6.07, 6.45) is 1.28. The number of rotatable bonds is 4. The standard InChI is InChI=1S/C9H20N2/c1-4-8(2)11-6-9(7-11)5-10-3/h8-10H,4-7H2,1-3H3. The summed E-state index contributed by atoms with van der Waals surface area (Å²) < 4.78 is 0. The molecule has 0 aromatic rings. The minimum atomic E-state index is 0.795. The molecule has 1 fully saturated rings. The van der Waals surface area contributed by atoms with Crippen molar-refractivity contribution in [2.75, 3.05) is 26.7 Å². The molecule has 0 saturated carbocycles. The third kappa shape index (κ3) is 2.17.